The van der Waals surface area contributed by atoms with E-state index < -0.39 is 0 Å². The molecule has 1 fully saturated rings. The fourth-order valence-corrected chi connectivity index (χ4v) is 5.26. The van der Waals surface area contributed by atoms with E-state index in [1.807, 2.05) is 48.2 Å². The van der Waals surface area contributed by atoms with Crippen LogP contribution in [0.4, 0.5) is 0 Å². The number of aryl methyl sites for hydroxylation is 1. The summed E-state index contributed by atoms with van der Waals surface area (Å²) in [7, 11) is 3.20. The van der Waals surface area contributed by atoms with Crippen molar-refractivity contribution in [1.29, 1.82) is 0 Å². The highest BCUT2D eigenvalue weighted by atomic mass is 32.2. The predicted molar refractivity (Wildman–Crippen MR) is 137 cm³/mol. The number of amides is 1. The van der Waals surface area contributed by atoms with E-state index in [1.54, 1.807) is 24.9 Å². The molecule has 1 amide bonds. The Morgan fingerprint density at radius 2 is 1.86 bits per heavy atom. The van der Waals surface area contributed by atoms with Gasteiger partial charge in [-0.3, -0.25) is 14.2 Å². The van der Waals surface area contributed by atoms with Crippen LogP contribution in [0.3, 0.4) is 0 Å². The predicted octanol–water partition coefficient (Wildman–Crippen LogP) is 3.39. The third-order valence-electron chi connectivity index (χ3n) is 6.12. The number of para-hydroxylation sites is 1. The molecule has 0 saturated carbocycles. The summed E-state index contributed by atoms with van der Waals surface area (Å²) in [6.07, 6.45) is 1.24. The maximum atomic E-state index is 13.5. The van der Waals surface area contributed by atoms with Gasteiger partial charge in [-0.05, 0) is 42.7 Å². The summed E-state index contributed by atoms with van der Waals surface area (Å²) in [6, 6.07) is 13.1. The Labute approximate surface area is 209 Å². The van der Waals surface area contributed by atoms with Crippen molar-refractivity contribution < 1.29 is 19.0 Å². The number of hydrogen-bond acceptors (Lipinski definition) is 7. The molecule has 1 atom stereocenters. The number of methoxy groups -OCH3 is 2. The number of fused-ring (bicyclic) bond motifs is 1. The molecule has 1 aromatic heterocycles. The molecule has 1 aliphatic rings. The van der Waals surface area contributed by atoms with Gasteiger partial charge >= 0.3 is 0 Å². The molecule has 1 aliphatic heterocycles. The molecule has 0 bridgehead atoms. The Hall–Kier alpha value is -3.04. The maximum Gasteiger partial charge on any atom is 0.262 e. The Morgan fingerprint density at radius 3 is 2.57 bits per heavy atom. The van der Waals surface area contributed by atoms with Gasteiger partial charge in [0.25, 0.3) is 5.56 Å². The van der Waals surface area contributed by atoms with Crippen LogP contribution in [0.2, 0.25) is 0 Å². The molecule has 1 saturated heterocycles. The van der Waals surface area contributed by atoms with E-state index in [2.05, 4.69) is 0 Å². The monoisotopic (exact) mass is 497 g/mol. The van der Waals surface area contributed by atoms with E-state index in [0.717, 1.165) is 5.56 Å². The standard InChI is InChI=1S/C26H31N3O5S/c1-4-23(25(31)28-13-15-34-16-14-28)35-26-27-20-8-6-5-7-19(20)24(30)29(26)12-11-18-9-10-21(32-2)22(17-18)33-3/h5-10,17,23H,4,11-16H2,1-3H3. The van der Waals surface area contributed by atoms with E-state index in [4.69, 9.17) is 19.2 Å². The summed E-state index contributed by atoms with van der Waals surface area (Å²) in [5.41, 5.74) is 1.54. The fourth-order valence-electron chi connectivity index (χ4n) is 4.13. The summed E-state index contributed by atoms with van der Waals surface area (Å²) in [4.78, 5) is 33.4. The summed E-state index contributed by atoms with van der Waals surface area (Å²) >= 11 is 1.37. The zero-order chi connectivity index (χ0) is 24.8. The van der Waals surface area contributed by atoms with Crippen molar-refractivity contribution in [1.82, 2.24) is 14.5 Å². The van der Waals surface area contributed by atoms with Crippen molar-refractivity contribution >= 4 is 28.6 Å². The molecule has 8 nitrogen and oxygen atoms in total. The van der Waals surface area contributed by atoms with E-state index in [0.29, 0.717) is 73.2 Å². The average molecular weight is 498 g/mol. The van der Waals surface area contributed by atoms with Crippen LogP contribution in [0.1, 0.15) is 18.9 Å². The SMILES string of the molecule is CCC(Sc1nc2ccccc2c(=O)n1CCc1ccc(OC)c(OC)c1)C(=O)N1CCOCC1. The third-order valence-corrected chi connectivity index (χ3v) is 7.46. The highest BCUT2D eigenvalue weighted by Crippen LogP contribution is 2.29. The topological polar surface area (TPSA) is 82.9 Å². The van der Waals surface area contributed by atoms with Gasteiger partial charge in [-0.15, -0.1) is 0 Å². The van der Waals surface area contributed by atoms with Crippen molar-refractivity contribution in [3.05, 3.63) is 58.4 Å². The minimum Gasteiger partial charge on any atom is -0.493 e. The second-order valence-electron chi connectivity index (χ2n) is 8.26. The molecule has 0 aliphatic carbocycles. The first kappa shape index (κ1) is 25.1. The Bertz CT molecular complexity index is 1240. The molecule has 4 rings (SSSR count). The number of benzene rings is 2. The number of ether oxygens (including phenoxy) is 3. The lowest BCUT2D eigenvalue weighted by atomic mass is 10.1. The molecule has 1 unspecified atom stereocenters. The van der Waals surface area contributed by atoms with Crippen molar-refractivity contribution in [3.63, 3.8) is 0 Å². The molecule has 3 aromatic rings. The minimum atomic E-state index is -0.325. The molecule has 35 heavy (non-hydrogen) atoms. The number of thioether (sulfide) groups is 1. The summed E-state index contributed by atoms with van der Waals surface area (Å²) in [5.74, 6) is 1.37. The first-order chi connectivity index (χ1) is 17.0. The Kier molecular flexibility index (Phi) is 8.30. The number of carbonyl (C=O) groups is 1. The Morgan fingerprint density at radius 1 is 1.11 bits per heavy atom. The summed E-state index contributed by atoms with van der Waals surface area (Å²) < 4.78 is 17.8. The number of rotatable bonds is 9. The fraction of sp³-hybridized carbons (Fsp3) is 0.423. The minimum absolute atomic E-state index is 0.0645. The van der Waals surface area contributed by atoms with Crippen LogP contribution >= 0.6 is 11.8 Å². The second kappa shape index (κ2) is 11.6. The zero-order valence-corrected chi connectivity index (χ0v) is 21.2. The van der Waals surface area contributed by atoms with Crippen molar-refractivity contribution in [2.75, 3.05) is 40.5 Å². The molecule has 186 valence electrons. The van der Waals surface area contributed by atoms with Crippen LogP contribution in [0.15, 0.2) is 52.4 Å². The molecule has 2 aromatic carbocycles. The van der Waals surface area contributed by atoms with E-state index >= 15 is 0 Å². The van der Waals surface area contributed by atoms with Crippen molar-refractivity contribution in [3.8, 4) is 11.5 Å². The highest BCUT2D eigenvalue weighted by Gasteiger charge is 2.27. The van der Waals surface area contributed by atoms with Gasteiger partial charge in [0.05, 0.1) is 43.6 Å². The van der Waals surface area contributed by atoms with Crippen LogP contribution in [0, 0.1) is 0 Å². The number of aromatic nitrogens is 2. The zero-order valence-electron chi connectivity index (χ0n) is 20.4. The second-order valence-corrected chi connectivity index (χ2v) is 9.43. The highest BCUT2D eigenvalue weighted by molar-refractivity contribution is 8.00. The van der Waals surface area contributed by atoms with Crippen molar-refractivity contribution in [2.24, 2.45) is 0 Å². The van der Waals surface area contributed by atoms with Crippen LogP contribution in [0.5, 0.6) is 11.5 Å². The number of carbonyl (C=O) groups excluding carboxylic acids is 1. The van der Waals surface area contributed by atoms with Gasteiger partial charge in [0, 0.05) is 19.6 Å². The lowest BCUT2D eigenvalue weighted by Gasteiger charge is -2.30. The van der Waals surface area contributed by atoms with Gasteiger partial charge in [-0.2, -0.15) is 0 Å². The molecule has 0 spiro atoms. The molecule has 2 heterocycles. The number of morpholine rings is 1. The van der Waals surface area contributed by atoms with Crippen LogP contribution in [-0.4, -0.2) is 66.1 Å². The van der Waals surface area contributed by atoms with Gasteiger partial charge in [0.15, 0.2) is 16.7 Å². The van der Waals surface area contributed by atoms with Crippen LogP contribution in [-0.2, 0) is 22.5 Å². The lowest BCUT2D eigenvalue weighted by molar-refractivity contribution is -0.134. The van der Waals surface area contributed by atoms with Crippen LogP contribution in [0.25, 0.3) is 10.9 Å². The molecule has 9 heteroatoms. The molecule has 0 radical (unpaired) electrons. The van der Waals surface area contributed by atoms with Crippen molar-refractivity contribution in [2.45, 2.75) is 36.7 Å². The maximum absolute atomic E-state index is 13.5. The van der Waals surface area contributed by atoms with Gasteiger partial charge in [-0.25, -0.2) is 4.98 Å². The first-order valence-corrected chi connectivity index (χ1v) is 12.7. The van der Waals surface area contributed by atoms with E-state index in [1.165, 1.54) is 11.8 Å². The third kappa shape index (κ3) is 5.62. The smallest absolute Gasteiger partial charge is 0.262 e. The van der Waals surface area contributed by atoms with E-state index in [-0.39, 0.29) is 16.7 Å². The number of nitrogens with zero attached hydrogens (tertiary/aromatic N) is 3. The Balaban J connectivity index is 1.65. The summed E-state index contributed by atoms with van der Waals surface area (Å²) in [5, 5.41) is 0.799. The normalized spacial score (nSPS) is 14.7. The first-order valence-electron chi connectivity index (χ1n) is 11.8. The largest absolute Gasteiger partial charge is 0.493 e. The average Bonchev–Trinajstić information content (AvgIpc) is 2.91. The summed E-state index contributed by atoms with van der Waals surface area (Å²) in [6.45, 7) is 4.70. The molecule has 0 N–H and O–H groups in total. The van der Waals surface area contributed by atoms with E-state index in [9.17, 15) is 9.59 Å². The van der Waals surface area contributed by atoms with Gasteiger partial charge in [-0.1, -0.05) is 36.9 Å². The van der Waals surface area contributed by atoms with Gasteiger partial charge in [0.1, 0.15) is 0 Å². The van der Waals surface area contributed by atoms with Gasteiger partial charge < -0.3 is 19.1 Å². The van der Waals surface area contributed by atoms with Crippen LogP contribution < -0.4 is 15.0 Å². The molecular weight excluding hydrogens is 466 g/mol. The molecular formula is C26H31N3O5S. The quantitative estimate of drug-likeness (QED) is 0.331. The van der Waals surface area contributed by atoms with Gasteiger partial charge in [0.2, 0.25) is 5.91 Å². The number of hydrogen-bond donors (Lipinski definition) is 0. The lowest BCUT2D eigenvalue weighted by Crippen LogP contribution is -2.44.